The number of rotatable bonds is 4. The van der Waals surface area contributed by atoms with E-state index in [2.05, 4.69) is 29.3 Å². The van der Waals surface area contributed by atoms with Crippen LogP contribution in [0, 0.1) is 5.82 Å². The molecule has 1 aliphatic rings. The molecule has 0 unspecified atom stereocenters. The van der Waals surface area contributed by atoms with E-state index in [9.17, 15) is 4.39 Å². The van der Waals surface area contributed by atoms with Crippen molar-refractivity contribution < 1.29 is 9.13 Å². The number of ether oxygens (including phenoxy) is 1. The summed E-state index contributed by atoms with van der Waals surface area (Å²) in [6.45, 7) is 5.17. The van der Waals surface area contributed by atoms with E-state index >= 15 is 0 Å². The Balaban J connectivity index is 2.17. The first kappa shape index (κ1) is 15.8. The highest BCUT2D eigenvalue weighted by molar-refractivity contribution is 5.78. The lowest BCUT2D eigenvalue weighted by molar-refractivity contribution is 0.269. The molecule has 0 spiro atoms. The molecule has 0 bridgehead atoms. The van der Waals surface area contributed by atoms with Crippen molar-refractivity contribution in [2.45, 2.75) is 19.9 Å². The van der Waals surface area contributed by atoms with Gasteiger partial charge < -0.3 is 10.1 Å². The number of hydrogen-bond donors (Lipinski definition) is 1. The van der Waals surface area contributed by atoms with E-state index in [1.165, 1.54) is 17.2 Å². The molecular formula is C19H23FN2O. The molecule has 1 heterocycles. The number of fused-ring (bicyclic) bond motifs is 1. The first-order valence-electron chi connectivity index (χ1n) is 8.06. The summed E-state index contributed by atoms with van der Waals surface area (Å²) in [5, 5.41) is 3.29. The summed E-state index contributed by atoms with van der Waals surface area (Å²) in [4.78, 5) is 2.43. The molecule has 0 fully saturated rings. The standard InChI is InChI=1S/C19H23FN2O/c1-4-22-10-9-15-14(6-7-18(21-2)17(15)12-22)16-11-13(20)5-8-19(16)23-3/h5-8,11,21H,4,9-10,12H2,1-3H3. The van der Waals surface area contributed by atoms with E-state index in [0.29, 0.717) is 5.75 Å². The van der Waals surface area contributed by atoms with Crippen LogP contribution in [0.4, 0.5) is 10.1 Å². The van der Waals surface area contributed by atoms with Crippen molar-refractivity contribution in [3.05, 3.63) is 47.3 Å². The predicted molar refractivity (Wildman–Crippen MR) is 92.6 cm³/mol. The van der Waals surface area contributed by atoms with Crippen LogP contribution < -0.4 is 10.1 Å². The zero-order valence-corrected chi connectivity index (χ0v) is 13.9. The van der Waals surface area contributed by atoms with Gasteiger partial charge in [0.25, 0.3) is 0 Å². The van der Waals surface area contributed by atoms with Gasteiger partial charge in [0, 0.05) is 31.4 Å². The van der Waals surface area contributed by atoms with E-state index < -0.39 is 0 Å². The van der Waals surface area contributed by atoms with Crippen LogP contribution >= 0.6 is 0 Å². The largest absolute Gasteiger partial charge is 0.496 e. The Labute approximate surface area is 137 Å². The van der Waals surface area contributed by atoms with Gasteiger partial charge >= 0.3 is 0 Å². The molecule has 0 saturated carbocycles. The van der Waals surface area contributed by atoms with Crippen LogP contribution in [0.1, 0.15) is 18.1 Å². The number of anilines is 1. The molecule has 3 nitrogen and oxygen atoms in total. The maximum Gasteiger partial charge on any atom is 0.126 e. The van der Waals surface area contributed by atoms with Crippen molar-refractivity contribution in [1.29, 1.82) is 0 Å². The Kier molecular flexibility index (Phi) is 4.53. The average molecular weight is 314 g/mol. The van der Waals surface area contributed by atoms with Crippen molar-refractivity contribution in [3.8, 4) is 16.9 Å². The fourth-order valence-electron chi connectivity index (χ4n) is 3.38. The summed E-state index contributed by atoms with van der Waals surface area (Å²) in [7, 11) is 3.58. The van der Waals surface area contributed by atoms with Gasteiger partial charge in [0.2, 0.25) is 0 Å². The van der Waals surface area contributed by atoms with Crippen molar-refractivity contribution in [2.24, 2.45) is 0 Å². The number of halogens is 1. The molecule has 2 aromatic rings. The Morgan fingerprint density at radius 1 is 1.17 bits per heavy atom. The smallest absolute Gasteiger partial charge is 0.126 e. The molecule has 0 aliphatic carbocycles. The van der Waals surface area contributed by atoms with Crippen LogP contribution in [-0.2, 0) is 13.0 Å². The topological polar surface area (TPSA) is 24.5 Å². The highest BCUT2D eigenvalue weighted by atomic mass is 19.1. The van der Waals surface area contributed by atoms with Gasteiger partial charge in [0.05, 0.1) is 7.11 Å². The second-order valence-corrected chi connectivity index (χ2v) is 5.83. The van der Waals surface area contributed by atoms with Crippen LogP contribution in [0.2, 0.25) is 0 Å². The van der Waals surface area contributed by atoms with Gasteiger partial charge in [-0.3, -0.25) is 4.90 Å². The van der Waals surface area contributed by atoms with Gasteiger partial charge in [-0.25, -0.2) is 4.39 Å². The Morgan fingerprint density at radius 3 is 2.70 bits per heavy atom. The molecule has 0 saturated heterocycles. The minimum absolute atomic E-state index is 0.238. The number of nitrogens with one attached hydrogen (secondary N) is 1. The molecule has 3 rings (SSSR count). The number of nitrogens with zero attached hydrogens (tertiary/aromatic N) is 1. The number of benzene rings is 2. The van der Waals surface area contributed by atoms with Gasteiger partial charge in [-0.15, -0.1) is 0 Å². The molecule has 0 amide bonds. The van der Waals surface area contributed by atoms with Gasteiger partial charge in [-0.2, -0.15) is 0 Å². The maximum absolute atomic E-state index is 13.8. The van der Waals surface area contributed by atoms with Gasteiger partial charge in [0.1, 0.15) is 11.6 Å². The normalized spacial score (nSPS) is 14.4. The fourth-order valence-corrected chi connectivity index (χ4v) is 3.38. The second kappa shape index (κ2) is 6.59. The Bertz CT molecular complexity index is 715. The second-order valence-electron chi connectivity index (χ2n) is 5.83. The third kappa shape index (κ3) is 2.91. The van der Waals surface area contributed by atoms with Gasteiger partial charge in [-0.1, -0.05) is 13.0 Å². The summed E-state index contributed by atoms with van der Waals surface area (Å²) in [5.41, 5.74) is 5.66. The molecule has 122 valence electrons. The molecule has 0 radical (unpaired) electrons. The molecule has 4 heteroatoms. The summed E-state index contributed by atoms with van der Waals surface area (Å²) >= 11 is 0. The zero-order valence-electron chi connectivity index (χ0n) is 13.9. The van der Waals surface area contributed by atoms with E-state index in [4.69, 9.17) is 4.74 Å². The summed E-state index contributed by atoms with van der Waals surface area (Å²) in [6, 6.07) is 8.86. The van der Waals surface area contributed by atoms with E-state index in [0.717, 1.165) is 42.9 Å². The molecule has 23 heavy (non-hydrogen) atoms. The fraction of sp³-hybridized carbons (Fsp3) is 0.368. The third-order valence-electron chi connectivity index (χ3n) is 4.66. The molecule has 0 aromatic heterocycles. The Morgan fingerprint density at radius 2 is 2.00 bits per heavy atom. The molecule has 0 atom stereocenters. The van der Waals surface area contributed by atoms with Gasteiger partial charge in [0.15, 0.2) is 0 Å². The van der Waals surface area contributed by atoms with Crippen molar-refractivity contribution in [3.63, 3.8) is 0 Å². The quantitative estimate of drug-likeness (QED) is 0.925. The Hall–Kier alpha value is -2.07. The van der Waals surface area contributed by atoms with E-state index in [-0.39, 0.29) is 5.82 Å². The first-order chi connectivity index (χ1) is 11.2. The first-order valence-corrected chi connectivity index (χ1v) is 8.06. The lowest BCUT2D eigenvalue weighted by Crippen LogP contribution is -2.31. The minimum atomic E-state index is -0.238. The SMILES string of the molecule is CCN1CCc2c(-c3cc(F)ccc3OC)ccc(NC)c2C1. The zero-order chi connectivity index (χ0) is 16.4. The average Bonchev–Trinajstić information content (AvgIpc) is 2.60. The summed E-state index contributed by atoms with van der Waals surface area (Å²) < 4.78 is 19.2. The van der Waals surface area contributed by atoms with Crippen LogP contribution in [0.3, 0.4) is 0 Å². The van der Waals surface area contributed by atoms with Crippen molar-refractivity contribution >= 4 is 5.69 Å². The number of hydrogen-bond acceptors (Lipinski definition) is 3. The minimum Gasteiger partial charge on any atom is -0.496 e. The van der Waals surface area contributed by atoms with Crippen molar-refractivity contribution in [1.82, 2.24) is 4.90 Å². The maximum atomic E-state index is 13.8. The lowest BCUT2D eigenvalue weighted by atomic mass is 9.89. The van der Waals surface area contributed by atoms with E-state index in [1.54, 1.807) is 19.2 Å². The van der Waals surface area contributed by atoms with Gasteiger partial charge in [-0.05, 0) is 53.9 Å². The number of methoxy groups -OCH3 is 1. The monoisotopic (exact) mass is 314 g/mol. The molecule has 1 N–H and O–H groups in total. The van der Waals surface area contributed by atoms with Crippen molar-refractivity contribution in [2.75, 3.05) is 32.6 Å². The summed E-state index contributed by atoms with van der Waals surface area (Å²) in [6.07, 6.45) is 0.966. The van der Waals surface area contributed by atoms with Crippen LogP contribution in [0.25, 0.3) is 11.1 Å². The molecular weight excluding hydrogens is 291 g/mol. The summed E-state index contributed by atoms with van der Waals surface area (Å²) in [5.74, 6) is 0.474. The van der Waals surface area contributed by atoms with Crippen LogP contribution in [0.15, 0.2) is 30.3 Å². The number of likely N-dealkylation sites (N-methyl/N-ethyl adjacent to an activating group) is 1. The van der Waals surface area contributed by atoms with Crippen LogP contribution in [-0.4, -0.2) is 32.1 Å². The molecule has 2 aromatic carbocycles. The van der Waals surface area contributed by atoms with Crippen LogP contribution in [0.5, 0.6) is 5.75 Å². The molecule has 1 aliphatic heterocycles. The lowest BCUT2D eigenvalue weighted by Gasteiger charge is -2.31. The predicted octanol–water partition coefficient (Wildman–Crippen LogP) is 3.92. The highest BCUT2D eigenvalue weighted by Crippen LogP contribution is 2.38. The third-order valence-corrected chi connectivity index (χ3v) is 4.66. The van der Waals surface area contributed by atoms with E-state index in [1.807, 2.05) is 7.05 Å². The highest BCUT2D eigenvalue weighted by Gasteiger charge is 2.22.